The summed E-state index contributed by atoms with van der Waals surface area (Å²) in [6.45, 7) is 1.64. The molecule has 0 aliphatic carbocycles. The van der Waals surface area contributed by atoms with E-state index in [1.54, 1.807) is 6.08 Å². The molecule has 3 aliphatic heterocycles. The first-order chi connectivity index (χ1) is 34.8. The molecule has 1 amide bonds. The third kappa shape index (κ3) is 22.7. The molecule has 0 aromatic rings. The first-order valence-corrected chi connectivity index (χ1v) is 27.2. The molecule has 0 radical (unpaired) electrons. The number of carbonyl (C=O) groups excluding carboxylic acids is 1. The molecule has 12 N–H and O–H groups in total. The second kappa shape index (κ2) is 37.7. The Morgan fingerprint density at radius 2 is 0.889 bits per heavy atom. The van der Waals surface area contributed by atoms with Gasteiger partial charge >= 0.3 is 0 Å². The quantitative estimate of drug-likeness (QED) is 0.0313. The number of hydrogen-bond donors (Lipinski definition) is 12. The highest BCUT2D eigenvalue weighted by molar-refractivity contribution is 5.76. The summed E-state index contributed by atoms with van der Waals surface area (Å²) in [4.78, 5) is 13.2. The van der Waals surface area contributed by atoms with Gasteiger partial charge in [0.25, 0.3) is 0 Å². The average Bonchev–Trinajstić information content (AvgIpc) is 3.37. The molecule has 0 bridgehead atoms. The summed E-state index contributed by atoms with van der Waals surface area (Å²) in [6, 6.07) is -0.990. The molecule has 0 spiro atoms. The van der Waals surface area contributed by atoms with Crippen molar-refractivity contribution in [3.8, 4) is 0 Å². The van der Waals surface area contributed by atoms with Crippen LogP contribution in [0.15, 0.2) is 36.5 Å². The van der Waals surface area contributed by atoms with E-state index in [1.807, 2.05) is 6.08 Å². The zero-order valence-corrected chi connectivity index (χ0v) is 43.1. The van der Waals surface area contributed by atoms with Crippen LogP contribution in [0.5, 0.6) is 0 Å². The summed E-state index contributed by atoms with van der Waals surface area (Å²) in [7, 11) is 0. The van der Waals surface area contributed by atoms with Crippen molar-refractivity contribution in [1.82, 2.24) is 5.32 Å². The van der Waals surface area contributed by atoms with Gasteiger partial charge in [0.05, 0.1) is 38.6 Å². The summed E-state index contributed by atoms with van der Waals surface area (Å²) in [5.74, 6) is -0.294. The Hall–Kier alpha value is -1.99. The number of carbonyl (C=O) groups is 1. The smallest absolute Gasteiger partial charge is 0.220 e. The Balaban J connectivity index is 1.56. The minimum Gasteiger partial charge on any atom is -0.394 e. The molecule has 72 heavy (non-hydrogen) atoms. The fourth-order valence-corrected chi connectivity index (χ4v) is 9.10. The summed E-state index contributed by atoms with van der Waals surface area (Å²) in [6.07, 6.45) is 10.1. The maximum Gasteiger partial charge on any atom is 0.220 e. The largest absolute Gasteiger partial charge is 0.394 e. The fourth-order valence-electron chi connectivity index (χ4n) is 9.10. The first kappa shape index (κ1) is 64.3. The monoisotopic (exact) mass is 1030 g/mol. The van der Waals surface area contributed by atoms with Crippen LogP contribution in [-0.4, -0.2) is 193 Å². The summed E-state index contributed by atoms with van der Waals surface area (Å²) < 4.78 is 34.1. The van der Waals surface area contributed by atoms with Crippen molar-refractivity contribution in [3.63, 3.8) is 0 Å². The van der Waals surface area contributed by atoms with Crippen LogP contribution in [0.25, 0.3) is 0 Å². The summed E-state index contributed by atoms with van der Waals surface area (Å²) >= 11 is 0. The average molecular weight is 1030 g/mol. The standard InChI is InChI=1S/C53H95NO18/c1-3-5-7-9-11-13-15-16-17-18-19-20-21-22-24-26-28-30-37(58)36(54-41(59)31-29-27-25-23-14-12-10-8-6-4-2)35-67-51-47(65)44(62)49(39(33-56)69-51)72-53-48(66)45(63)50(40(34-57)70-53)71-52-46(64)43(61)42(60)38(32-55)68-52/h17-18,21-22,28,30,36-40,42-53,55-58,60-66H,3-16,19-20,23-27,29,31-35H2,1-2H3,(H,54,59)/b18-17+,22-21+,30-28+. The van der Waals surface area contributed by atoms with Crippen LogP contribution >= 0.6 is 0 Å². The number of aliphatic hydroxyl groups excluding tert-OH is 11. The molecule has 420 valence electrons. The van der Waals surface area contributed by atoms with E-state index in [9.17, 15) is 61.0 Å². The van der Waals surface area contributed by atoms with Gasteiger partial charge in [0.15, 0.2) is 18.9 Å². The highest BCUT2D eigenvalue weighted by atomic mass is 16.8. The van der Waals surface area contributed by atoms with Gasteiger partial charge in [-0.15, -0.1) is 0 Å². The second-order valence-corrected chi connectivity index (χ2v) is 19.7. The number of unbranched alkanes of at least 4 members (excludes halogenated alkanes) is 18. The molecule has 0 aromatic carbocycles. The molecule has 19 nitrogen and oxygen atoms in total. The zero-order chi connectivity index (χ0) is 52.7. The number of nitrogens with one attached hydrogen (secondary N) is 1. The Labute approximate surface area is 428 Å². The van der Waals surface area contributed by atoms with Gasteiger partial charge in [-0.2, -0.15) is 0 Å². The van der Waals surface area contributed by atoms with Crippen LogP contribution in [0.4, 0.5) is 0 Å². The van der Waals surface area contributed by atoms with Gasteiger partial charge in [-0.25, -0.2) is 0 Å². The lowest BCUT2D eigenvalue weighted by molar-refractivity contribution is -0.379. The molecule has 17 unspecified atom stereocenters. The topological polar surface area (TPSA) is 307 Å². The first-order valence-electron chi connectivity index (χ1n) is 27.2. The van der Waals surface area contributed by atoms with Crippen LogP contribution in [0.2, 0.25) is 0 Å². The maximum atomic E-state index is 13.2. The third-order valence-electron chi connectivity index (χ3n) is 13.7. The Bertz CT molecular complexity index is 1470. The predicted octanol–water partition coefficient (Wildman–Crippen LogP) is 2.98. The van der Waals surface area contributed by atoms with Crippen LogP contribution in [0.1, 0.15) is 162 Å². The summed E-state index contributed by atoms with van der Waals surface area (Å²) in [5.41, 5.74) is 0. The van der Waals surface area contributed by atoms with E-state index in [2.05, 4.69) is 43.5 Å². The molecule has 17 atom stereocenters. The molecule has 3 aliphatic rings. The predicted molar refractivity (Wildman–Crippen MR) is 268 cm³/mol. The highest BCUT2D eigenvalue weighted by Gasteiger charge is 2.53. The fraction of sp³-hybridized carbons (Fsp3) is 0.868. The number of aliphatic hydroxyl groups is 11. The van der Waals surface area contributed by atoms with Gasteiger partial charge in [0.2, 0.25) is 5.91 Å². The lowest BCUT2D eigenvalue weighted by Crippen LogP contribution is -2.66. The molecule has 0 saturated carbocycles. The van der Waals surface area contributed by atoms with Gasteiger partial charge in [0.1, 0.15) is 73.2 Å². The van der Waals surface area contributed by atoms with Gasteiger partial charge in [-0.1, -0.05) is 147 Å². The molecule has 0 aromatic heterocycles. The van der Waals surface area contributed by atoms with E-state index in [4.69, 9.17) is 28.4 Å². The van der Waals surface area contributed by atoms with Crippen LogP contribution < -0.4 is 5.32 Å². The van der Waals surface area contributed by atoms with Crippen LogP contribution in [0, 0.1) is 0 Å². The van der Waals surface area contributed by atoms with Gasteiger partial charge in [-0.05, 0) is 44.9 Å². The number of rotatable bonds is 38. The van der Waals surface area contributed by atoms with Crippen molar-refractivity contribution in [3.05, 3.63) is 36.5 Å². The molecule has 3 heterocycles. The number of allylic oxidation sites excluding steroid dienone is 5. The van der Waals surface area contributed by atoms with E-state index in [-0.39, 0.29) is 18.9 Å². The van der Waals surface area contributed by atoms with Gasteiger partial charge in [0, 0.05) is 6.42 Å². The maximum absolute atomic E-state index is 13.2. The Kier molecular flexibility index (Phi) is 33.7. The van der Waals surface area contributed by atoms with E-state index in [0.29, 0.717) is 12.8 Å². The molecule has 19 heteroatoms. The van der Waals surface area contributed by atoms with Crippen molar-refractivity contribution in [2.75, 3.05) is 26.4 Å². The molecular formula is C53H95NO18. The SMILES string of the molecule is CCCCCCCCC/C=C/CC/C=C/CC/C=C/C(O)C(COC1OC(CO)C(OC2OC(CO)C(OC3OC(CO)C(O)C(O)C3O)C(O)C2O)C(O)C1O)NC(=O)CCCCCCCCCCCC. The Morgan fingerprint density at radius 1 is 0.486 bits per heavy atom. The van der Waals surface area contributed by atoms with E-state index >= 15 is 0 Å². The van der Waals surface area contributed by atoms with Crippen molar-refractivity contribution in [2.24, 2.45) is 0 Å². The van der Waals surface area contributed by atoms with Crippen LogP contribution in [0.3, 0.4) is 0 Å². The van der Waals surface area contributed by atoms with Gasteiger partial charge in [-0.3, -0.25) is 4.79 Å². The van der Waals surface area contributed by atoms with Crippen molar-refractivity contribution >= 4 is 5.91 Å². The third-order valence-corrected chi connectivity index (χ3v) is 13.7. The van der Waals surface area contributed by atoms with Crippen LogP contribution in [-0.2, 0) is 33.2 Å². The molecule has 3 fully saturated rings. The number of ether oxygens (including phenoxy) is 6. The molecule has 3 saturated heterocycles. The minimum absolute atomic E-state index is 0.233. The highest BCUT2D eigenvalue weighted by Crippen LogP contribution is 2.33. The van der Waals surface area contributed by atoms with Crippen molar-refractivity contribution in [2.45, 2.75) is 266 Å². The zero-order valence-electron chi connectivity index (χ0n) is 43.1. The van der Waals surface area contributed by atoms with Crippen molar-refractivity contribution < 1.29 is 89.4 Å². The molecular weight excluding hydrogens is 939 g/mol. The molecule has 3 rings (SSSR count). The van der Waals surface area contributed by atoms with Gasteiger partial charge < -0.3 is 89.9 Å². The Morgan fingerprint density at radius 3 is 1.39 bits per heavy atom. The number of amides is 1. The van der Waals surface area contributed by atoms with E-state index in [1.165, 1.54) is 83.5 Å². The number of hydrogen-bond acceptors (Lipinski definition) is 18. The minimum atomic E-state index is -1.98. The summed E-state index contributed by atoms with van der Waals surface area (Å²) in [5, 5.41) is 120. The van der Waals surface area contributed by atoms with E-state index in [0.717, 1.165) is 44.9 Å². The lowest BCUT2D eigenvalue weighted by Gasteiger charge is -2.48. The lowest BCUT2D eigenvalue weighted by atomic mass is 9.96. The normalized spacial score (nSPS) is 32.3. The van der Waals surface area contributed by atoms with Crippen molar-refractivity contribution in [1.29, 1.82) is 0 Å². The van der Waals surface area contributed by atoms with E-state index < -0.39 is 124 Å². The second-order valence-electron chi connectivity index (χ2n) is 19.7.